The van der Waals surface area contributed by atoms with Gasteiger partial charge in [-0.1, -0.05) is 0 Å². The van der Waals surface area contributed by atoms with Crippen molar-refractivity contribution < 1.29 is 52.4 Å². The molecular formula is C54H57N7O11. The van der Waals surface area contributed by atoms with Gasteiger partial charge in [-0.3, -0.25) is 38.9 Å². The summed E-state index contributed by atoms with van der Waals surface area (Å²) in [4.78, 5) is 77.5. The molecule has 4 aromatic rings. The highest BCUT2D eigenvalue weighted by atomic mass is 16.5. The first-order chi connectivity index (χ1) is 35.0. The molecule has 0 saturated carbocycles. The molecule has 0 aliphatic carbocycles. The van der Waals surface area contributed by atoms with Crippen molar-refractivity contribution in [3.8, 4) is 34.5 Å². The molecule has 0 spiro atoms. The maximum absolute atomic E-state index is 13.6. The Morgan fingerprint density at radius 2 is 1.18 bits per heavy atom. The molecule has 374 valence electrons. The van der Waals surface area contributed by atoms with E-state index in [1.165, 1.54) is 12.2 Å². The lowest BCUT2D eigenvalue weighted by Gasteiger charge is -2.32. The van der Waals surface area contributed by atoms with Gasteiger partial charge >= 0.3 is 0 Å². The number of hydrogen-bond donors (Lipinski definition) is 1. The van der Waals surface area contributed by atoms with E-state index in [0.29, 0.717) is 82.2 Å². The summed E-state index contributed by atoms with van der Waals surface area (Å²) >= 11 is 0. The summed E-state index contributed by atoms with van der Waals surface area (Å²) in [6.45, 7) is 3.92. The number of amides is 5. The number of nitrogens with one attached hydrogen (secondary N) is 1. The van der Waals surface area contributed by atoms with E-state index in [2.05, 4.69) is 10.5 Å². The van der Waals surface area contributed by atoms with Gasteiger partial charge in [0.2, 0.25) is 5.91 Å². The molecule has 18 heteroatoms. The summed E-state index contributed by atoms with van der Waals surface area (Å²) in [6.07, 6.45) is 12.3. The number of ether oxygens (including phenoxy) is 6. The lowest BCUT2D eigenvalue weighted by atomic mass is 10.0. The molecule has 0 bridgehead atoms. The predicted octanol–water partition coefficient (Wildman–Crippen LogP) is 7.29. The molecular weight excluding hydrogens is 923 g/mol. The quantitative estimate of drug-likeness (QED) is 0.0429. The van der Waals surface area contributed by atoms with Gasteiger partial charge in [-0.2, -0.15) is 5.10 Å². The Kier molecular flexibility index (Phi) is 15.2. The van der Waals surface area contributed by atoms with Crippen molar-refractivity contribution in [2.24, 2.45) is 15.1 Å². The highest BCUT2D eigenvalue weighted by Gasteiger charge is 2.33. The number of benzene rings is 4. The first kappa shape index (κ1) is 49.0. The largest absolute Gasteiger partial charge is 0.493 e. The fraction of sp³-hybridized carbons (Fsp3) is 0.370. The topological polar surface area (TPSA) is 200 Å². The number of piperidine rings is 2. The molecule has 18 nitrogen and oxygen atoms in total. The minimum absolute atomic E-state index is 0.0461. The smallest absolute Gasteiger partial charge is 0.256 e. The molecule has 1 N–H and O–H groups in total. The number of methoxy groups -OCH3 is 2. The number of aliphatic imine (C=N–C) groups is 2. The van der Waals surface area contributed by atoms with E-state index in [0.717, 1.165) is 60.1 Å². The maximum Gasteiger partial charge on any atom is 0.256 e. The van der Waals surface area contributed by atoms with Crippen molar-refractivity contribution in [3.05, 3.63) is 107 Å². The molecule has 0 radical (unpaired) electrons. The minimum atomic E-state index is -0.378. The van der Waals surface area contributed by atoms with E-state index >= 15 is 0 Å². The number of rotatable bonds is 19. The van der Waals surface area contributed by atoms with Gasteiger partial charge in [0.05, 0.1) is 54.5 Å². The molecule has 0 unspecified atom stereocenters. The van der Waals surface area contributed by atoms with Gasteiger partial charge < -0.3 is 38.2 Å². The second kappa shape index (κ2) is 22.4. The van der Waals surface area contributed by atoms with Crippen LogP contribution in [0.4, 0.5) is 11.4 Å². The van der Waals surface area contributed by atoms with Gasteiger partial charge in [-0.25, -0.2) is 5.43 Å². The van der Waals surface area contributed by atoms with Crippen LogP contribution in [-0.2, 0) is 27.6 Å². The molecule has 5 heterocycles. The normalized spacial score (nSPS) is 18.2. The summed E-state index contributed by atoms with van der Waals surface area (Å²) < 4.78 is 36.6. The Morgan fingerprint density at radius 1 is 0.653 bits per heavy atom. The standard InChI is InChI=1S/C54H57N7O11/c1-34(57-58-50(62)11-8-20-61-51(63)16-17-52(61)64)37-12-14-40(15-13-37)69-21-22-70-41-24-35(32-71-48-28-44-42(26-46(48)67-2)53(65)59-18-6-4-9-38(59)30-55-44)23-36(25-41)33-72-49-29-45-43(27-47(49)68-3)54(66)60-19-7-5-10-39(60)31-56-45/h12-17,23-31,38-39H,4-11,18-22,32-33H2,1-3H3,(H,58,62)/b57-34+/t38-,39-/m0/s1. The van der Waals surface area contributed by atoms with Crippen molar-refractivity contribution in [2.45, 2.75) is 83.6 Å². The van der Waals surface area contributed by atoms with Crippen LogP contribution in [0.25, 0.3) is 0 Å². The second-order valence-corrected chi connectivity index (χ2v) is 18.0. The van der Waals surface area contributed by atoms with E-state index in [4.69, 9.17) is 38.4 Å². The Bertz CT molecular complexity index is 2720. The number of hydrogen-bond acceptors (Lipinski definition) is 14. The van der Waals surface area contributed by atoms with E-state index < -0.39 is 0 Å². The summed E-state index contributed by atoms with van der Waals surface area (Å²) in [5, 5.41) is 4.20. The van der Waals surface area contributed by atoms with Gasteiger partial charge in [-0.15, -0.1) is 0 Å². The van der Waals surface area contributed by atoms with Crippen LogP contribution >= 0.6 is 0 Å². The highest BCUT2D eigenvalue weighted by molar-refractivity contribution is 6.13. The molecule has 5 aliphatic heterocycles. The zero-order valence-electron chi connectivity index (χ0n) is 40.6. The molecule has 9 rings (SSSR count). The number of hydrazone groups is 1. The van der Waals surface area contributed by atoms with Crippen molar-refractivity contribution in [1.82, 2.24) is 20.1 Å². The number of carbonyl (C=O) groups is 5. The van der Waals surface area contributed by atoms with Crippen LogP contribution in [0.2, 0.25) is 0 Å². The van der Waals surface area contributed by atoms with Gasteiger partial charge in [0.25, 0.3) is 23.6 Å². The summed E-state index contributed by atoms with van der Waals surface area (Å²) in [6, 6.07) is 19.8. The first-order valence-electron chi connectivity index (χ1n) is 24.3. The summed E-state index contributed by atoms with van der Waals surface area (Å²) in [5.74, 6) is 1.59. The predicted molar refractivity (Wildman–Crippen MR) is 268 cm³/mol. The van der Waals surface area contributed by atoms with Gasteiger partial charge in [0.15, 0.2) is 23.0 Å². The average Bonchev–Trinajstić information content (AvgIpc) is 3.56. The van der Waals surface area contributed by atoms with Crippen molar-refractivity contribution in [2.75, 3.05) is 47.1 Å². The third kappa shape index (κ3) is 11.3. The third-order valence-corrected chi connectivity index (χ3v) is 13.2. The molecule has 2 saturated heterocycles. The Labute approximate surface area is 417 Å². The van der Waals surface area contributed by atoms with Crippen LogP contribution in [0.5, 0.6) is 34.5 Å². The molecule has 72 heavy (non-hydrogen) atoms. The van der Waals surface area contributed by atoms with Crippen molar-refractivity contribution in [3.63, 3.8) is 0 Å². The molecule has 5 amide bonds. The first-order valence-corrected chi connectivity index (χ1v) is 24.3. The van der Waals surface area contributed by atoms with Crippen LogP contribution in [0.3, 0.4) is 0 Å². The number of imide groups is 1. The zero-order chi connectivity index (χ0) is 50.1. The Morgan fingerprint density at radius 3 is 1.71 bits per heavy atom. The number of fused-ring (bicyclic) bond motifs is 4. The van der Waals surface area contributed by atoms with Crippen LogP contribution < -0.4 is 33.8 Å². The van der Waals surface area contributed by atoms with E-state index in [-0.39, 0.29) is 81.0 Å². The molecule has 0 aromatic heterocycles. The second-order valence-electron chi connectivity index (χ2n) is 18.0. The number of carbonyl (C=O) groups excluding carboxylic acids is 5. The minimum Gasteiger partial charge on any atom is -0.493 e. The molecule has 4 aromatic carbocycles. The summed E-state index contributed by atoms with van der Waals surface area (Å²) in [7, 11) is 3.08. The SMILES string of the molecule is COc1cc2c(cc1OCc1cc(COc3cc4c(cc3OC)C(=O)N3CCCC[C@H]3C=N4)cc(OCCOc3ccc(/C(C)=N/NC(=O)CCCN4C(=O)C=CC4=O)cc3)c1)N=C[C@@H]1CCCCN1C2=O. The molecule has 2 fully saturated rings. The van der Waals surface area contributed by atoms with Crippen LogP contribution in [0, 0.1) is 0 Å². The van der Waals surface area contributed by atoms with Crippen LogP contribution in [0.1, 0.15) is 95.7 Å². The van der Waals surface area contributed by atoms with E-state index in [1.54, 1.807) is 57.5 Å². The Balaban J connectivity index is 0.864. The lowest BCUT2D eigenvalue weighted by molar-refractivity contribution is -0.137. The van der Waals surface area contributed by atoms with Gasteiger partial charge in [0, 0.05) is 62.8 Å². The van der Waals surface area contributed by atoms with Crippen molar-refractivity contribution >= 4 is 59.1 Å². The highest BCUT2D eigenvalue weighted by Crippen LogP contribution is 2.40. The average molecular weight is 980 g/mol. The van der Waals surface area contributed by atoms with Crippen LogP contribution in [0.15, 0.2) is 94.0 Å². The summed E-state index contributed by atoms with van der Waals surface area (Å²) in [5.41, 5.74) is 7.39. The maximum atomic E-state index is 13.6. The van der Waals surface area contributed by atoms with E-state index in [9.17, 15) is 24.0 Å². The Hall–Kier alpha value is -8.02. The van der Waals surface area contributed by atoms with E-state index in [1.807, 2.05) is 52.6 Å². The lowest BCUT2D eigenvalue weighted by Crippen LogP contribution is -2.43. The third-order valence-electron chi connectivity index (χ3n) is 13.2. The molecule has 5 aliphatic rings. The molecule has 2 atom stereocenters. The number of nitrogens with zero attached hydrogens (tertiary/aromatic N) is 6. The van der Waals surface area contributed by atoms with Crippen LogP contribution in [-0.4, -0.2) is 122 Å². The fourth-order valence-electron chi connectivity index (χ4n) is 9.30. The van der Waals surface area contributed by atoms with Gasteiger partial charge in [0.1, 0.15) is 37.9 Å². The monoisotopic (exact) mass is 979 g/mol. The zero-order valence-corrected chi connectivity index (χ0v) is 40.6. The fourth-order valence-corrected chi connectivity index (χ4v) is 9.30. The van der Waals surface area contributed by atoms with Gasteiger partial charge in [-0.05, 0) is 123 Å². The van der Waals surface area contributed by atoms with Crippen molar-refractivity contribution in [1.29, 1.82) is 0 Å².